The van der Waals surface area contributed by atoms with Gasteiger partial charge in [0.1, 0.15) is 5.54 Å². The van der Waals surface area contributed by atoms with Crippen molar-refractivity contribution in [2.24, 2.45) is 5.73 Å². The van der Waals surface area contributed by atoms with Gasteiger partial charge in [-0.3, -0.25) is 4.79 Å². The number of hydrogen-bond donors (Lipinski definition) is 2. The summed E-state index contributed by atoms with van der Waals surface area (Å²) in [5.74, 6) is -2.59. The molecule has 1 rings (SSSR count). The van der Waals surface area contributed by atoms with Crippen LogP contribution in [-0.2, 0) is 17.1 Å². The third kappa shape index (κ3) is 4.37. The molecule has 0 radical (unpaired) electrons. The third-order valence-electron chi connectivity index (χ3n) is 3.44. The fourth-order valence-corrected chi connectivity index (χ4v) is 2.37. The highest BCUT2D eigenvalue weighted by atomic mass is 19.4. The van der Waals surface area contributed by atoms with Crippen molar-refractivity contribution in [2.45, 2.75) is 44.1 Å². The number of nitrogens with two attached hydrogens (primary N) is 1. The summed E-state index contributed by atoms with van der Waals surface area (Å²) >= 11 is 0. The molecular weight excluding hydrogens is 328 g/mol. The smallest absolute Gasteiger partial charge is 0.417 e. The van der Waals surface area contributed by atoms with Gasteiger partial charge in [-0.05, 0) is 30.9 Å². The van der Waals surface area contributed by atoms with Gasteiger partial charge in [0.25, 0.3) is 0 Å². The maximum absolute atomic E-state index is 13.1. The lowest BCUT2D eigenvalue weighted by Gasteiger charge is -2.27. The fourth-order valence-electron chi connectivity index (χ4n) is 2.37. The van der Waals surface area contributed by atoms with Crippen molar-refractivity contribution in [2.75, 3.05) is 0 Å². The van der Waals surface area contributed by atoms with Crippen molar-refractivity contribution in [3.63, 3.8) is 0 Å². The maximum Gasteiger partial charge on any atom is 0.417 e. The van der Waals surface area contributed by atoms with E-state index in [-0.39, 0.29) is 0 Å². The molecule has 0 aliphatic heterocycles. The summed E-state index contributed by atoms with van der Waals surface area (Å²) in [4.78, 5) is 11.0. The van der Waals surface area contributed by atoms with Crippen molar-refractivity contribution in [1.29, 1.82) is 0 Å². The van der Waals surface area contributed by atoms with E-state index in [2.05, 4.69) is 0 Å². The first kappa shape index (κ1) is 19.3. The molecule has 3 N–H and O–H groups in total. The monoisotopic (exact) mass is 343 g/mol. The Hall–Kier alpha value is -1.77. The summed E-state index contributed by atoms with van der Waals surface area (Å²) in [5, 5.41) is 8.92. The molecule has 0 aliphatic carbocycles. The second-order valence-corrected chi connectivity index (χ2v) is 5.59. The highest BCUT2D eigenvalue weighted by Crippen LogP contribution is 2.44. The molecule has 0 bridgehead atoms. The van der Waals surface area contributed by atoms with Crippen molar-refractivity contribution in [3.8, 4) is 0 Å². The third-order valence-corrected chi connectivity index (χ3v) is 3.44. The highest BCUT2D eigenvalue weighted by molar-refractivity contribution is 5.78. The second-order valence-electron chi connectivity index (χ2n) is 5.59. The van der Waals surface area contributed by atoms with Gasteiger partial charge in [0.2, 0.25) is 0 Å². The Morgan fingerprint density at radius 2 is 1.70 bits per heavy atom. The van der Waals surface area contributed by atoms with Crippen molar-refractivity contribution >= 4 is 5.97 Å². The van der Waals surface area contributed by atoms with Crippen LogP contribution in [0.4, 0.5) is 26.3 Å². The molecule has 2 unspecified atom stereocenters. The summed E-state index contributed by atoms with van der Waals surface area (Å²) in [5.41, 5.74) is -0.628. The Labute approximate surface area is 128 Å². The zero-order valence-corrected chi connectivity index (χ0v) is 12.2. The lowest BCUT2D eigenvalue weighted by Crippen LogP contribution is -2.45. The summed E-state index contributed by atoms with van der Waals surface area (Å²) in [6, 6.07) is 2.11. The first-order valence-corrected chi connectivity index (χ1v) is 6.47. The van der Waals surface area contributed by atoms with E-state index in [0.29, 0.717) is 6.07 Å². The Kier molecular flexibility index (Phi) is 5.05. The molecule has 0 saturated heterocycles. The number of benzene rings is 1. The molecule has 0 aromatic heterocycles. The minimum atomic E-state index is -5.23. The van der Waals surface area contributed by atoms with E-state index in [1.807, 2.05) is 0 Å². The summed E-state index contributed by atoms with van der Waals surface area (Å²) in [7, 11) is 0. The van der Waals surface area contributed by atoms with Crippen LogP contribution in [0.3, 0.4) is 0 Å². The van der Waals surface area contributed by atoms with E-state index in [0.717, 1.165) is 19.1 Å². The molecule has 0 spiro atoms. The molecule has 0 aliphatic rings. The van der Waals surface area contributed by atoms with E-state index in [4.69, 9.17) is 10.8 Å². The first-order chi connectivity index (χ1) is 10.2. The Balaban J connectivity index is 3.45. The van der Waals surface area contributed by atoms with Crippen LogP contribution in [0.25, 0.3) is 0 Å². The van der Waals surface area contributed by atoms with Crippen molar-refractivity contribution in [3.05, 3.63) is 34.9 Å². The molecule has 1 aromatic rings. The van der Waals surface area contributed by atoms with Gasteiger partial charge < -0.3 is 10.8 Å². The molecule has 0 amide bonds. The van der Waals surface area contributed by atoms with Gasteiger partial charge in [0.05, 0.1) is 11.1 Å². The zero-order valence-electron chi connectivity index (χ0n) is 12.2. The van der Waals surface area contributed by atoms with Crippen LogP contribution < -0.4 is 5.73 Å². The van der Waals surface area contributed by atoms with Crippen LogP contribution in [0.15, 0.2) is 18.2 Å². The molecule has 9 heteroatoms. The Morgan fingerprint density at radius 3 is 2.09 bits per heavy atom. The van der Waals surface area contributed by atoms with Gasteiger partial charge in [0.15, 0.2) is 0 Å². The number of rotatable bonds is 4. The molecule has 130 valence electrons. The molecule has 23 heavy (non-hydrogen) atoms. The largest absolute Gasteiger partial charge is 0.480 e. The lowest BCUT2D eigenvalue weighted by molar-refractivity contribution is -0.162. The van der Waals surface area contributed by atoms with E-state index in [1.54, 1.807) is 0 Å². The molecule has 2 atom stereocenters. The molecular formula is C14H15F6NO2. The molecule has 0 saturated carbocycles. The van der Waals surface area contributed by atoms with Gasteiger partial charge >= 0.3 is 18.3 Å². The fraction of sp³-hybridized carbons (Fsp3) is 0.500. The Bertz CT molecular complexity index is 592. The first-order valence-electron chi connectivity index (χ1n) is 6.47. The molecule has 1 aromatic carbocycles. The highest BCUT2D eigenvalue weighted by Gasteiger charge is 2.45. The minimum absolute atomic E-state index is 0.345. The summed E-state index contributed by atoms with van der Waals surface area (Å²) < 4.78 is 78.0. The maximum atomic E-state index is 13.1. The van der Waals surface area contributed by atoms with E-state index >= 15 is 0 Å². The number of aliphatic carboxylic acids is 1. The summed E-state index contributed by atoms with van der Waals surface area (Å²) in [6.07, 6.45) is -10.9. The summed E-state index contributed by atoms with van der Waals surface area (Å²) in [6.45, 7) is 2.30. The minimum Gasteiger partial charge on any atom is -0.480 e. The van der Waals surface area contributed by atoms with Gasteiger partial charge in [-0.2, -0.15) is 26.3 Å². The number of carbonyl (C=O) groups is 1. The lowest BCUT2D eigenvalue weighted by atomic mass is 9.83. The van der Waals surface area contributed by atoms with Crippen LogP contribution in [-0.4, -0.2) is 16.6 Å². The SMILES string of the molecule is CC(CC(C)(N)C(=O)O)c1cccc(C(F)(F)F)c1C(F)(F)F. The average Bonchev–Trinajstić information content (AvgIpc) is 2.35. The molecule has 0 heterocycles. The van der Waals surface area contributed by atoms with Crippen LogP contribution in [0.2, 0.25) is 0 Å². The van der Waals surface area contributed by atoms with Crippen molar-refractivity contribution in [1.82, 2.24) is 0 Å². The van der Waals surface area contributed by atoms with E-state index in [9.17, 15) is 31.1 Å². The predicted octanol–water partition coefficient (Wildman–Crippen LogP) is 4.02. The Morgan fingerprint density at radius 1 is 1.17 bits per heavy atom. The number of carboxylic acids is 1. The average molecular weight is 343 g/mol. The number of carboxylic acid groups (broad SMARTS) is 1. The van der Waals surface area contributed by atoms with Gasteiger partial charge in [0, 0.05) is 0 Å². The number of hydrogen-bond acceptors (Lipinski definition) is 2. The van der Waals surface area contributed by atoms with Gasteiger partial charge in [-0.1, -0.05) is 19.1 Å². The van der Waals surface area contributed by atoms with Gasteiger partial charge in [-0.25, -0.2) is 0 Å². The van der Waals surface area contributed by atoms with Gasteiger partial charge in [-0.15, -0.1) is 0 Å². The standard InChI is InChI=1S/C14H15F6NO2/c1-7(6-12(2,21)11(22)23)8-4-3-5-9(13(15,16)17)10(8)14(18,19)20/h3-5,7H,6,21H2,1-2H3,(H,22,23). The second kappa shape index (κ2) is 6.03. The van der Waals surface area contributed by atoms with Crippen LogP contribution in [0, 0.1) is 0 Å². The predicted molar refractivity (Wildman–Crippen MR) is 69.7 cm³/mol. The van der Waals surface area contributed by atoms with Crippen LogP contribution in [0.1, 0.15) is 42.9 Å². The number of alkyl halides is 6. The molecule has 3 nitrogen and oxygen atoms in total. The van der Waals surface area contributed by atoms with Crippen molar-refractivity contribution < 1.29 is 36.2 Å². The van der Waals surface area contributed by atoms with Crippen LogP contribution >= 0.6 is 0 Å². The molecule has 0 fully saturated rings. The normalized spacial score (nSPS) is 16.7. The number of halogens is 6. The zero-order chi connectivity index (χ0) is 18.2. The topological polar surface area (TPSA) is 63.3 Å². The van der Waals surface area contributed by atoms with E-state index < -0.39 is 52.9 Å². The van der Waals surface area contributed by atoms with E-state index in [1.165, 1.54) is 6.92 Å². The quantitative estimate of drug-likeness (QED) is 0.812. The van der Waals surface area contributed by atoms with Crippen LogP contribution in [0.5, 0.6) is 0 Å².